The number of hydrogen-bond acceptors (Lipinski definition) is 3. The minimum absolute atomic E-state index is 0. The van der Waals surface area contributed by atoms with Gasteiger partial charge in [-0.05, 0) is 24.1 Å². The zero-order valence-corrected chi connectivity index (χ0v) is 12.4. The number of alkyl halides is 3. The van der Waals surface area contributed by atoms with Crippen LogP contribution in [0.5, 0.6) is 0 Å². The maximum Gasteiger partial charge on any atom is 0.416 e. The van der Waals surface area contributed by atoms with Gasteiger partial charge < -0.3 is 10.4 Å². The van der Waals surface area contributed by atoms with Crippen LogP contribution in [0.1, 0.15) is 23.6 Å². The first kappa shape index (κ1) is 18.2. The number of aliphatic hydroxyl groups is 1. The molecule has 1 aromatic rings. The van der Waals surface area contributed by atoms with E-state index in [4.69, 9.17) is 0 Å². The van der Waals surface area contributed by atoms with Crippen molar-refractivity contribution in [3.8, 4) is 0 Å². The van der Waals surface area contributed by atoms with Crippen LogP contribution in [0.2, 0.25) is 0 Å². The molecular weight excluding hydrogens is 305 g/mol. The van der Waals surface area contributed by atoms with Crippen LogP contribution < -0.4 is 5.32 Å². The summed E-state index contributed by atoms with van der Waals surface area (Å²) in [6.07, 6.45) is -3.77. The smallest absolute Gasteiger partial charge is 0.396 e. The Bertz CT molecular complexity index is 419. The van der Waals surface area contributed by atoms with Crippen molar-refractivity contribution in [1.82, 2.24) is 10.2 Å². The summed E-state index contributed by atoms with van der Waals surface area (Å²) >= 11 is 0. The average Bonchev–Trinajstić information content (AvgIpc) is 2.45. The molecule has 2 rings (SSSR count). The zero-order valence-electron chi connectivity index (χ0n) is 11.6. The van der Waals surface area contributed by atoms with Crippen LogP contribution in [-0.4, -0.2) is 42.8 Å². The third-order valence-electron chi connectivity index (χ3n) is 3.62. The highest BCUT2D eigenvalue weighted by Crippen LogP contribution is 2.31. The number of rotatable bonds is 4. The van der Waals surface area contributed by atoms with E-state index >= 15 is 0 Å². The monoisotopic (exact) mass is 324 g/mol. The lowest BCUT2D eigenvalue weighted by Gasteiger charge is -2.35. The van der Waals surface area contributed by atoms with E-state index in [0.717, 1.165) is 43.9 Å². The molecule has 0 unspecified atom stereocenters. The molecule has 1 fully saturated rings. The van der Waals surface area contributed by atoms with Crippen LogP contribution in [0.4, 0.5) is 13.2 Å². The largest absolute Gasteiger partial charge is 0.416 e. The second-order valence-corrected chi connectivity index (χ2v) is 4.93. The Morgan fingerprint density at radius 3 is 2.19 bits per heavy atom. The summed E-state index contributed by atoms with van der Waals surface area (Å²) in [5.41, 5.74) is 0.193. The van der Waals surface area contributed by atoms with Gasteiger partial charge in [-0.15, -0.1) is 12.4 Å². The van der Waals surface area contributed by atoms with Gasteiger partial charge in [0.15, 0.2) is 0 Å². The van der Waals surface area contributed by atoms with Gasteiger partial charge in [-0.1, -0.05) is 12.1 Å². The Hall–Kier alpha value is -0.820. The molecule has 21 heavy (non-hydrogen) atoms. The minimum atomic E-state index is -4.31. The van der Waals surface area contributed by atoms with Gasteiger partial charge in [0, 0.05) is 38.8 Å². The molecule has 120 valence electrons. The molecule has 0 aliphatic carbocycles. The number of hydrogen-bond donors (Lipinski definition) is 2. The summed E-state index contributed by atoms with van der Waals surface area (Å²) in [6, 6.07) is 5.24. The molecule has 1 aliphatic rings. The van der Waals surface area contributed by atoms with E-state index < -0.39 is 11.7 Å². The molecule has 0 bridgehead atoms. The predicted molar refractivity (Wildman–Crippen MR) is 77.6 cm³/mol. The molecular formula is C14H20ClF3N2O. The summed E-state index contributed by atoms with van der Waals surface area (Å²) < 4.78 is 37.7. The molecule has 1 aromatic carbocycles. The molecule has 2 N–H and O–H groups in total. The van der Waals surface area contributed by atoms with E-state index in [1.54, 1.807) is 0 Å². The van der Waals surface area contributed by atoms with Crippen LogP contribution in [0.15, 0.2) is 24.3 Å². The van der Waals surface area contributed by atoms with E-state index in [9.17, 15) is 18.3 Å². The van der Waals surface area contributed by atoms with Crippen molar-refractivity contribution in [2.75, 3.05) is 32.8 Å². The van der Waals surface area contributed by atoms with E-state index in [1.165, 1.54) is 12.1 Å². The third-order valence-corrected chi connectivity index (χ3v) is 3.62. The van der Waals surface area contributed by atoms with Crippen molar-refractivity contribution in [2.45, 2.75) is 18.6 Å². The standard InChI is InChI=1S/C14H19F3N2O.ClH/c15-14(16,17)12-3-1-11(2-4-12)13(5-10-20)19-8-6-18-7-9-19;/h1-4,13,18,20H,5-10H2;1H/t13-;/m0./s1. The molecule has 0 spiro atoms. The van der Waals surface area contributed by atoms with Gasteiger partial charge in [-0.2, -0.15) is 13.2 Å². The van der Waals surface area contributed by atoms with Crippen molar-refractivity contribution in [3.63, 3.8) is 0 Å². The van der Waals surface area contributed by atoms with Crippen molar-refractivity contribution in [3.05, 3.63) is 35.4 Å². The molecule has 0 amide bonds. The Balaban J connectivity index is 0.00000220. The molecule has 1 saturated heterocycles. The number of halogens is 4. The average molecular weight is 325 g/mol. The second-order valence-electron chi connectivity index (χ2n) is 4.93. The van der Waals surface area contributed by atoms with Crippen LogP contribution in [-0.2, 0) is 6.18 Å². The molecule has 1 atom stereocenters. The van der Waals surface area contributed by atoms with Gasteiger partial charge in [-0.3, -0.25) is 4.90 Å². The highest BCUT2D eigenvalue weighted by molar-refractivity contribution is 5.85. The summed E-state index contributed by atoms with van der Waals surface area (Å²) in [5.74, 6) is 0. The minimum Gasteiger partial charge on any atom is -0.396 e. The highest BCUT2D eigenvalue weighted by Gasteiger charge is 2.30. The molecule has 3 nitrogen and oxygen atoms in total. The third kappa shape index (κ3) is 4.85. The van der Waals surface area contributed by atoms with Crippen molar-refractivity contribution in [1.29, 1.82) is 0 Å². The SMILES string of the molecule is Cl.OCC[C@@H](c1ccc(C(F)(F)F)cc1)N1CCNCC1. The van der Waals surface area contributed by atoms with Crippen LogP contribution in [0.3, 0.4) is 0 Å². The topological polar surface area (TPSA) is 35.5 Å². The molecule has 0 saturated carbocycles. The first-order chi connectivity index (χ1) is 9.52. The first-order valence-corrected chi connectivity index (χ1v) is 6.75. The Morgan fingerprint density at radius 2 is 1.71 bits per heavy atom. The lowest BCUT2D eigenvalue weighted by molar-refractivity contribution is -0.137. The van der Waals surface area contributed by atoms with E-state index in [0.29, 0.717) is 6.42 Å². The molecule has 0 aromatic heterocycles. The van der Waals surface area contributed by atoms with Crippen LogP contribution >= 0.6 is 12.4 Å². The summed E-state index contributed by atoms with van der Waals surface area (Å²) in [7, 11) is 0. The van der Waals surface area contributed by atoms with Crippen LogP contribution in [0, 0.1) is 0 Å². The summed E-state index contributed by atoms with van der Waals surface area (Å²) in [6.45, 7) is 3.43. The number of piperazine rings is 1. The van der Waals surface area contributed by atoms with Crippen molar-refractivity contribution in [2.24, 2.45) is 0 Å². The van der Waals surface area contributed by atoms with Gasteiger partial charge in [0.1, 0.15) is 0 Å². The fourth-order valence-electron chi connectivity index (χ4n) is 2.57. The van der Waals surface area contributed by atoms with E-state index in [2.05, 4.69) is 10.2 Å². The van der Waals surface area contributed by atoms with Crippen LogP contribution in [0.25, 0.3) is 0 Å². The van der Waals surface area contributed by atoms with Gasteiger partial charge in [0.2, 0.25) is 0 Å². The number of nitrogens with zero attached hydrogens (tertiary/aromatic N) is 1. The Morgan fingerprint density at radius 1 is 1.14 bits per heavy atom. The molecule has 0 radical (unpaired) electrons. The van der Waals surface area contributed by atoms with Gasteiger partial charge in [-0.25, -0.2) is 0 Å². The highest BCUT2D eigenvalue weighted by atomic mass is 35.5. The Kier molecular flexibility index (Phi) is 6.93. The first-order valence-electron chi connectivity index (χ1n) is 6.75. The number of nitrogens with one attached hydrogen (secondary N) is 1. The number of benzene rings is 1. The molecule has 1 heterocycles. The predicted octanol–water partition coefficient (Wildman–Crippen LogP) is 2.46. The van der Waals surface area contributed by atoms with Gasteiger partial charge in [0.05, 0.1) is 5.56 Å². The summed E-state index contributed by atoms with van der Waals surface area (Å²) in [5, 5.41) is 12.4. The summed E-state index contributed by atoms with van der Waals surface area (Å²) in [4.78, 5) is 2.20. The molecule has 1 aliphatic heterocycles. The lowest BCUT2D eigenvalue weighted by atomic mass is 10.00. The molecule has 7 heteroatoms. The van der Waals surface area contributed by atoms with Crippen molar-refractivity contribution >= 4 is 12.4 Å². The Labute approximate surface area is 128 Å². The zero-order chi connectivity index (χ0) is 14.6. The van der Waals surface area contributed by atoms with E-state index in [-0.39, 0.29) is 25.1 Å². The number of aliphatic hydroxyl groups excluding tert-OH is 1. The second kappa shape index (κ2) is 7.98. The quantitative estimate of drug-likeness (QED) is 0.893. The lowest BCUT2D eigenvalue weighted by Crippen LogP contribution is -2.45. The fourth-order valence-corrected chi connectivity index (χ4v) is 2.57. The fraction of sp³-hybridized carbons (Fsp3) is 0.571. The van der Waals surface area contributed by atoms with Crippen molar-refractivity contribution < 1.29 is 18.3 Å². The van der Waals surface area contributed by atoms with Gasteiger partial charge >= 0.3 is 6.18 Å². The normalized spacial score (nSPS) is 18.1. The van der Waals surface area contributed by atoms with E-state index in [1.807, 2.05) is 0 Å². The maximum absolute atomic E-state index is 12.6. The van der Waals surface area contributed by atoms with Gasteiger partial charge in [0.25, 0.3) is 0 Å². The maximum atomic E-state index is 12.6.